The highest BCUT2D eigenvalue weighted by Crippen LogP contribution is 2.32. The van der Waals surface area contributed by atoms with Gasteiger partial charge in [0, 0.05) is 12.7 Å². The standard InChI is InChI=1S/C15H18N4O2/c1-9-14(10(2)21-18-9)15(20)19-8-4-5-13(19)12-6-7-16-11(3)17-12/h6-7,13H,4-5,8H2,1-3H3/t13-/m0/s1. The molecular formula is C15H18N4O2. The first kappa shape index (κ1) is 13.7. The monoisotopic (exact) mass is 286 g/mol. The molecule has 1 fully saturated rings. The summed E-state index contributed by atoms with van der Waals surface area (Å²) < 4.78 is 5.11. The van der Waals surface area contributed by atoms with Gasteiger partial charge in [-0.15, -0.1) is 0 Å². The summed E-state index contributed by atoms with van der Waals surface area (Å²) in [6, 6.07) is 1.89. The van der Waals surface area contributed by atoms with Gasteiger partial charge in [0.05, 0.1) is 17.4 Å². The second kappa shape index (κ2) is 5.27. The lowest BCUT2D eigenvalue weighted by Crippen LogP contribution is -2.31. The molecule has 0 bridgehead atoms. The van der Waals surface area contributed by atoms with Crippen LogP contribution >= 0.6 is 0 Å². The largest absolute Gasteiger partial charge is 0.361 e. The quantitative estimate of drug-likeness (QED) is 0.847. The van der Waals surface area contributed by atoms with Gasteiger partial charge in [-0.3, -0.25) is 4.79 Å². The van der Waals surface area contributed by atoms with Crippen LogP contribution in [0.2, 0.25) is 0 Å². The lowest BCUT2D eigenvalue weighted by Gasteiger charge is -2.24. The molecule has 0 aromatic carbocycles. The minimum atomic E-state index is -0.0231. The Balaban J connectivity index is 1.93. The predicted molar refractivity (Wildman–Crippen MR) is 75.8 cm³/mol. The second-order valence-electron chi connectivity index (χ2n) is 5.38. The third-order valence-corrected chi connectivity index (χ3v) is 3.90. The van der Waals surface area contributed by atoms with Gasteiger partial charge in [0.1, 0.15) is 17.1 Å². The van der Waals surface area contributed by atoms with E-state index in [9.17, 15) is 4.79 Å². The normalized spacial score (nSPS) is 18.2. The zero-order chi connectivity index (χ0) is 15.0. The van der Waals surface area contributed by atoms with Crippen LogP contribution < -0.4 is 0 Å². The molecule has 0 N–H and O–H groups in total. The Kier molecular flexibility index (Phi) is 3.45. The van der Waals surface area contributed by atoms with Gasteiger partial charge in [0.15, 0.2) is 0 Å². The zero-order valence-electron chi connectivity index (χ0n) is 12.5. The maximum atomic E-state index is 12.8. The molecule has 6 heteroatoms. The highest BCUT2D eigenvalue weighted by Gasteiger charge is 2.34. The van der Waals surface area contributed by atoms with Crippen molar-refractivity contribution in [1.29, 1.82) is 0 Å². The summed E-state index contributed by atoms with van der Waals surface area (Å²) in [4.78, 5) is 23.3. The molecule has 1 aliphatic rings. The first-order chi connectivity index (χ1) is 10.1. The minimum absolute atomic E-state index is 0.00731. The molecule has 2 aromatic heterocycles. The lowest BCUT2D eigenvalue weighted by atomic mass is 10.1. The number of hydrogen-bond donors (Lipinski definition) is 0. The number of carbonyl (C=O) groups is 1. The van der Waals surface area contributed by atoms with Crippen molar-refractivity contribution >= 4 is 5.91 Å². The van der Waals surface area contributed by atoms with Crippen LogP contribution in [0.3, 0.4) is 0 Å². The van der Waals surface area contributed by atoms with Crippen LogP contribution in [-0.4, -0.2) is 32.5 Å². The van der Waals surface area contributed by atoms with E-state index in [1.54, 1.807) is 20.0 Å². The van der Waals surface area contributed by atoms with E-state index in [0.717, 1.165) is 30.9 Å². The van der Waals surface area contributed by atoms with Crippen molar-refractivity contribution < 1.29 is 9.32 Å². The van der Waals surface area contributed by atoms with Gasteiger partial charge in [-0.2, -0.15) is 0 Å². The number of hydrogen-bond acceptors (Lipinski definition) is 5. The van der Waals surface area contributed by atoms with E-state index in [1.807, 2.05) is 17.9 Å². The van der Waals surface area contributed by atoms with Gasteiger partial charge in [-0.25, -0.2) is 9.97 Å². The third-order valence-electron chi connectivity index (χ3n) is 3.90. The van der Waals surface area contributed by atoms with Gasteiger partial charge in [-0.1, -0.05) is 5.16 Å². The van der Waals surface area contributed by atoms with Crippen molar-refractivity contribution in [1.82, 2.24) is 20.0 Å². The first-order valence-electron chi connectivity index (χ1n) is 7.11. The number of amides is 1. The Morgan fingerprint density at radius 3 is 2.86 bits per heavy atom. The number of aromatic nitrogens is 3. The molecule has 1 aliphatic heterocycles. The molecule has 6 nitrogen and oxygen atoms in total. The second-order valence-corrected chi connectivity index (χ2v) is 5.38. The first-order valence-corrected chi connectivity index (χ1v) is 7.11. The van der Waals surface area contributed by atoms with E-state index in [4.69, 9.17) is 4.52 Å². The van der Waals surface area contributed by atoms with E-state index in [2.05, 4.69) is 15.1 Å². The summed E-state index contributed by atoms with van der Waals surface area (Å²) in [5, 5.41) is 3.87. The van der Waals surface area contributed by atoms with Crippen molar-refractivity contribution in [2.45, 2.75) is 39.7 Å². The Hall–Kier alpha value is -2.24. The van der Waals surface area contributed by atoms with Crippen LogP contribution in [0.15, 0.2) is 16.8 Å². The van der Waals surface area contributed by atoms with Gasteiger partial charge in [0.2, 0.25) is 0 Å². The van der Waals surface area contributed by atoms with E-state index < -0.39 is 0 Å². The Labute approximate surface area is 123 Å². The fraction of sp³-hybridized carbons (Fsp3) is 0.467. The smallest absolute Gasteiger partial charge is 0.259 e. The molecule has 3 rings (SSSR count). The van der Waals surface area contributed by atoms with Crippen LogP contribution in [0.5, 0.6) is 0 Å². The number of nitrogens with zero attached hydrogens (tertiary/aromatic N) is 4. The molecule has 0 spiro atoms. The highest BCUT2D eigenvalue weighted by molar-refractivity contribution is 5.96. The fourth-order valence-corrected chi connectivity index (χ4v) is 2.91. The summed E-state index contributed by atoms with van der Waals surface area (Å²) in [6.45, 7) is 6.16. The summed E-state index contributed by atoms with van der Waals surface area (Å²) in [5.74, 6) is 1.27. The number of likely N-dealkylation sites (tertiary alicyclic amines) is 1. The number of aryl methyl sites for hydroxylation is 3. The van der Waals surface area contributed by atoms with Crippen molar-refractivity contribution in [2.24, 2.45) is 0 Å². The Morgan fingerprint density at radius 2 is 2.19 bits per heavy atom. The maximum Gasteiger partial charge on any atom is 0.259 e. The maximum absolute atomic E-state index is 12.8. The average molecular weight is 286 g/mol. The van der Waals surface area contributed by atoms with Gasteiger partial charge >= 0.3 is 0 Å². The third kappa shape index (κ3) is 2.41. The van der Waals surface area contributed by atoms with Crippen LogP contribution in [0.1, 0.15) is 52.2 Å². The summed E-state index contributed by atoms with van der Waals surface area (Å²) >= 11 is 0. The van der Waals surface area contributed by atoms with Gasteiger partial charge < -0.3 is 9.42 Å². The molecule has 0 saturated carbocycles. The summed E-state index contributed by atoms with van der Waals surface area (Å²) in [6.07, 6.45) is 3.64. The minimum Gasteiger partial charge on any atom is -0.361 e. The van der Waals surface area contributed by atoms with Gasteiger partial charge in [0.25, 0.3) is 5.91 Å². The topological polar surface area (TPSA) is 72.1 Å². The molecule has 1 saturated heterocycles. The summed E-state index contributed by atoms with van der Waals surface area (Å²) in [5.41, 5.74) is 2.12. The highest BCUT2D eigenvalue weighted by atomic mass is 16.5. The van der Waals surface area contributed by atoms with Crippen LogP contribution in [0.4, 0.5) is 0 Å². The Morgan fingerprint density at radius 1 is 1.38 bits per heavy atom. The zero-order valence-corrected chi connectivity index (χ0v) is 12.5. The molecule has 110 valence electrons. The van der Waals surface area contributed by atoms with Crippen molar-refractivity contribution in [3.05, 3.63) is 40.8 Å². The van der Waals surface area contributed by atoms with Crippen LogP contribution in [0.25, 0.3) is 0 Å². The molecule has 21 heavy (non-hydrogen) atoms. The molecule has 0 aliphatic carbocycles. The van der Waals surface area contributed by atoms with E-state index >= 15 is 0 Å². The van der Waals surface area contributed by atoms with E-state index in [-0.39, 0.29) is 11.9 Å². The van der Waals surface area contributed by atoms with Crippen LogP contribution in [-0.2, 0) is 0 Å². The average Bonchev–Trinajstić information content (AvgIpc) is 3.05. The SMILES string of the molecule is Cc1nccc([C@@H]2CCCN2C(=O)c2c(C)noc2C)n1. The predicted octanol–water partition coefficient (Wildman–Crippen LogP) is 2.37. The molecule has 1 atom stereocenters. The number of carbonyl (C=O) groups excluding carboxylic acids is 1. The molecule has 0 unspecified atom stereocenters. The molecule has 0 radical (unpaired) electrons. The molecular weight excluding hydrogens is 268 g/mol. The van der Waals surface area contributed by atoms with Crippen molar-refractivity contribution in [3.8, 4) is 0 Å². The fourth-order valence-electron chi connectivity index (χ4n) is 2.91. The molecule has 2 aromatic rings. The molecule has 3 heterocycles. The van der Waals surface area contributed by atoms with Crippen molar-refractivity contribution in [3.63, 3.8) is 0 Å². The van der Waals surface area contributed by atoms with Gasteiger partial charge in [-0.05, 0) is 39.7 Å². The number of rotatable bonds is 2. The van der Waals surface area contributed by atoms with E-state index in [1.165, 1.54) is 0 Å². The summed E-state index contributed by atoms with van der Waals surface area (Å²) in [7, 11) is 0. The lowest BCUT2D eigenvalue weighted by molar-refractivity contribution is 0.0730. The van der Waals surface area contributed by atoms with Crippen molar-refractivity contribution in [2.75, 3.05) is 6.54 Å². The molecule has 1 amide bonds. The van der Waals surface area contributed by atoms with E-state index in [0.29, 0.717) is 17.0 Å². The Bertz CT molecular complexity index is 661. The van der Waals surface area contributed by atoms with Crippen LogP contribution in [0, 0.1) is 20.8 Å².